The summed E-state index contributed by atoms with van der Waals surface area (Å²) in [5, 5.41) is 3.06. The normalized spacial score (nSPS) is 9.31. The second-order valence-electron chi connectivity index (χ2n) is 2.62. The third-order valence-electron chi connectivity index (χ3n) is 1.76. The third-order valence-corrected chi connectivity index (χ3v) is 1.76. The maximum atomic E-state index is 6.53. The van der Waals surface area contributed by atoms with Crippen molar-refractivity contribution in [1.29, 1.82) is 5.53 Å². The van der Waals surface area contributed by atoms with Crippen molar-refractivity contribution < 1.29 is 4.74 Å². The molecule has 0 aromatic heterocycles. The summed E-state index contributed by atoms with van der Waals surface area (Å²) in [5.41, 5.74) is 10.3. The molecule has 0 radical (unpaired) electrons. The Balaban J connectivity index is 2.44. The number of hydrogen-bond acceptors (Lipinski definition) is 3. The SMILES string of the molecule is COc1ccc(CCNN=N)cc1. The van der Waals surface area contributed by atoms with Gasteiger partial charge in [-0.3, -0.25) is 5.43 Å². The number of benzene rings is 1. The number of hydrogen-bond donors (Lipinski definition) is 2. The minimum absolute atomic E-state index is 0.690. The van der Waals surface area contributed by atoms with Crippen molar-refractivity contribution in [2.45, 2.75) is 6.42 Å². The Morgan fingerprint density at radius 3 is 2.62 bits per heavy atom. The Labute approximate surface area is 77.4 Å². The Kier molecular flexibility index (Phi) is 3.75. The monoisotopic (exact) mass is 179 g/mol. The van der Waals surface area contributed by atoms with Crippen LogP contribution in [0.25, 0.3) is 0 Å². The predicted octanol–water partition coefficient (Wildman–Crippen LogP) is 1.77. The molecule has 13 heavy (non-hydrogen) atoms. The summed E-state index contributed by atoms with van der Waals surface area (Å²) in [7, 11) is 1.65. The summed E-state index contributed by atoms with van der Waals surface area (Å²) in [6.45, 7) is 0.690. The molecular formula is C9H13N3O. The molecule has 0 atom stereocenters. The van der Waals surface area contributed by atoms with Gasteiger partial charge in [-0.15, -0.1) is 0 Å². The number of nitrogens with zero attached hydrogens (tertiary/aromatic N) is 1. The molecule has 2 N–H and O–H groups in total. The first-order valence-electron chi connectivity index (χ1n) is 4.09. The van der Waals surface area contributed by atoms with Crippen molar-refractivity contribution in [3.05, 3.63) is 29.8 Å². The highest BCUT2D eigenvalue weighted by molar-refractivity contribution is 5.27. The van der Waals surface area contributed by atoms with E-state index in [1.54, 1.807) is 7.11 Å². The van der Waals surface area contributed by atoms with Gasteiger partial charge in [-0.05, 0) is 24.1 Å². The van der Waals surface area contributed by atoms with Crippen LogP contribution >= 0.6 is 0 Å². The molecule has 0 bridgehead atoms. The number of methoxy groups -OCH3 is 1. The largest absolute Gasteiger partial charge is 0.497 e. The lowest BCUT2D eigenvalue weighted by Gasteiger charge is -2.02. The van der Waals surface area contributed by atoms with E-state index < -0.39 is 0 Å². The average Bonchev–Trinajstić information content (AvgIpc) is 2.19. The van der Waals surface area contributed by atoms with E-state index in [0.717, 1.165) is 12.2 Å². The van der Waals surface area contributed by atoms with Crippen LogP contribution in [0.4, 0.5) is 0 Å². The van der Waals surface area contributed by atoms with E-state index in [0.29, 0.717) is 6.54 Å². The first-order valence-corrected chi connectivity index (χ1v) is 4.09. The smallest absolute Gasteiger partial charge is 0.118 e. The topological polar surface area (TPSA) is 57.5 Å². The summed E-state index contributed by atoms with van der Waals surface area (Å²) in [5.74, 6) is 0.863. The second-order valence-corrected chi connectivity index (χ2v) is 2.62. The van der Waals surface area contributed by atoms with Crippen molar-refractivity contribution in [3.63, 3.8) is 0 Å². The van der Waals surface area contributed by atoms with Gasteiger partial charge in [0.25, 0.3) is 0 Å². The fourth-order valence-electron chi connectivity index (χ4n) is 1.05. The first-order chi connectivity index (χ1) is 6.36. The van der Waals surface area contributed by atoms with Crippen molar-refractivity contribution in [2.75, 3.05) is 13.7 Å². The van der Waals surface area contributed by atoms with Gasteiger partial charge in [0.15, 0.2) is 0 Å². The standard InChI is InChI=1S/C9H13N3O/c1-13-9-4-2-8(3-5-9)6-7-11-12-10/h2-5H,6-7H2,1H3,(H2,10,11). The van der Waals surface area contributed by atoms with Crippen molar-refractivity contribution in [3.8, 4) is 5.75 Å². The van der Waals surface area contributed by atoms with Crippen LogP contribution < -0.4 is 10.2 Å². The van der Waals surface area contributed by atoms with Gasteiger partial charge in [-0.25, -0.2) is 0 Å². The molecule has 0 saturated carbocycles. The lowest BCUT2D eigenvalue weighted by Crippen LogP contribution is -2.08. The van der Waals surface area contributed by atoms with Crippen molar-refractivity contribution in [1.82, 2.24) is 5.43 Å². The molecule has 0 aliphatic rings. The molecule has 0 heterocycles. The molecule has 0 aliphatic carbocycles. The quantitative estimate of drug-likeness (QED) is 0.411. The van der Waals surface area contributed by atoms with E-state index in [1.165, 1.54) is 5.56 Å². The number of nitrogens with one attached hydrogen (secondary N) is 2. The second kappa shape index (κ2) is 5.13. The van der Waals surface area contributed by atoms with Gasteiger partial charge in [0.1, 0.15) is 5.75 Å². The maximum Gasteiger partial charge on any atom is 0.118 e. The van der Waals surface area contributed by atoms with Crippen LogP contribution in [0, 0.1) is 5.53 Å². The molecule has 70 valence electrons. The lowest BCUT2D eigenvalue weighted by atomic mass is 10.1. The van der Waals surface area contributed by atoms with Gasteiger partial charge >= 0.3 is 0 Å². The summed E-state index contributed by atoms with van der Waals surface area (Å²) in [4.78, 5) is 0. The van der Waals surface area contributed by atoms with Crippen LogP contribution in [0.1, 0.15) is 5.56 Å². The Morgan fingerprint density at radius 1 is 1.38 bits per heavy atom. The molecule has 0 unspecified atom stereocenters. The van der Waals surface area contributed by atoms with Gasteiger partial charge < -0.3 is 4.74 Å². The predicted molar refractivity (Wildman–Crippen MR) is 49.8 cm³/mol. The van der Waals surface area contributed by atoms with Crippen LogP contribution in [-0.4, -0.2) is 13.7 Å². The number of rotatable bonds is 5. The fourth-order valence-corrected chi connectivity index (χ4v) is 1.05. The highest BCUT2D eigenvalue weighted by atomic mass is 16.5. The van der Waals surface area contributed by atoms with Crippen LogP contribution in [0.2, 0.25) is 0 Å². The molecule has 1 aromatic rings. The highest BCUT2D eigenvalue weighted by Gasteiger charge is 1.93. The van der Waals surface area contributed by atoms with Crippen LogP contribution in [-0.2, 0) is 6.42 Å². The summed E-state index contributed by atoms with van der Waals surface area (Å²) in [6.07, 6.45) is 0.867. The van der Waals surface area contributed by atoms with E-state index in [2.05, 4.69) is 10.6 Å². The minimum Gasteiger partial charge on any atom is -0.497 e. The van der Waals surface area contributed by atoms with Gasteiger partial charge in [0, 0.05) is 6.54 Å². The molecule has 0 saturated heterocycles. The van der Waals surface area contributed by atoms with Crippen LogP contribution in [0.3, 0.4) is 0 Å². The number of ether oxygens (including phenoxy) is 1. The van der Waals surface area contributed by atoms with Gasteiger partial charge in [0.2, 0.25) is 0 Å². The molecule has 0 amide bonds. The molecule has 4 heteroatoms. The molecule has 1 rings (SSSR count). The summed E-state index contributed by atoms with van der Waals surface area (Å²) < 4.78 is 5.03. The molecule has 0 aliphatic heterocycles. The van der Waals surface area contributed by atoms with Crippen LogP contribution in [0.5, 0.6) is 5.75 Å². The van der Waals surface area contributed by atoms with Gasteiger partial charge in [-0.1, -0.05) is 17.4 Å². The zero-order valence-electron chi connectivity index (χ0n) is 7.58. The van der Waals surface area contributed by atoms with E-state index in [9.17, 15) is 0 Å². The Hall–Kier alpha value is -1.58. The third kappa shape index (κ3) is 3.11. The zero-order chi connectivity index (χ0) is 9.52. The molecule has 0 spiro atoms. The Bertz CT molecular complexity index is 258. The zero-order valence-corrected chi connectivity index (χ0v) is 7.58. The Morgan fingerprint density at radius 2 is 2.08 bits per heavy atom. The average molecular weight is 179 g/mol. The lowest BCUT2D eigenvalue weighted by molar-refractivity contribution is 0.414. The minimum atomic E-state index is 0.690. The molecule has 0 fully saturated rings. The van der Waals surface area contributed by atoms with Gasteiger partial charge in [0.05, 0.1) is 7.11 Å². The van der Waals surface area contributed by atoms with Crippen LogP contribution in [0.15, 0.2) is 29.5 Å². The molecule has 4 nitrogen and oxygen atoms in total. The molecular weight excluding hydrogens is 166 g/mol. The molecule has 1 aromatic carbocycles. The summed E-state index contributed by atoms with van der Waals surface area (Å²) in [6, 6.07) is 7.86. The van der Waals surface area contributed by atoms with Crippen molar-refractivity contribution >= 4 is 0 Å². The van der Waals surface area contributed by atoms with Crippen molar-refractivity contribution in [2.24, 2.45) is 5.22 Å². The maximum absolute atomic E-state index is 6.53. The van der Waals surface area contributed by atoms with E-state index in [-0.39, 0.29) is 0 Å². The van der Waals surface area contributed by atoms with Gasteiger partial charge in [-0.2, -0.15) is 5.53 Å². The first kappa shape index (κ1) is 9.51. The van der Waals surface area contributed by atoms with E-state index >= 15 is 0 Å². The van der Waals surface area contributed by atoms with E-state index in [1.807, 2.05) is 24.3 Å². The summed E-state index contributed by atoms with van der Waals surface area (Å²) >= 11 is 0. The van der Waals surface area contributed by atoms with E-state index in [4.69, 9.17) is 10.3 Å². The fraction of sp³-hybridized carbons (Fsp3) is 0.333. The highest BCUT2D eigenvalue weighted by Crippen LogP contribution is 2.11.